The standard InChI is InChI=1S/C5H9NO2S/c1-3(9-2)4(6)5(7)8/h4H,1,6H2,2H3,(H,7,8)/t4-/m0/s1. The molecule has 0 unspecified atom stereocenters. The average Bonchev–Trinajstić information content (AvgIpc) is 1.84. The predicted molar refractivity (Wildman–Crippen MR) is 38.3 cm³/mol. The molecule has 0 aromatic carbocycles. The lowest BCUT2D eigenvalue weighted by atomic mass is 10.3. The summed E-state index contributed by atoms with van der Waals surface area (Å²) in [5, 5.41) is 8.28. The van der Waals surface area contributed by atoms with Crippen molar-refractivity contribution in [1.29, 1.82) is 0 Å². The van der Waals surface area contributed by atoms with Gasteiger partial charge in [-0.3, -0.25) is 4.79 Å². The van der Waals surface area contributed by atoms with Crippen molar-refractivity contribution < 1.29 is 9.90 Å². The Morgan fingerprint density at radius 3 is 2.44 bits per heavy atom. The van der Waals surface area contributed by atoms with Crippen LogP contribution >= 0.6 is 11.8 Å². The minimum atomic E-state index is -1.03. The van der Waals surface area contributed by atoms with Crippen molar-refractivity contribution in [3.8, 4) is 0 Å². The van der Waals surface area contributed by atoms with Crippen molar-refractivity contribution in [2.45, 2.75) is 6.04 Å². The largest absolute Gasteiger partial charge is 0.480 e. The van der Waals surface area contributed by atoms with Crippen molar-refractivity contribution in [3.63, 3.8) is 0 Å². The van der Waals surface area contributed by atoms with Crippen LogP contribution in [0, 0.1) is 0 Å². The minimum absolute atomic E-state index is 0.475. The molecular weight excluding hydrogens is 138 g/mol. The van der Waals surface area contributed by atoms with Gasteiger partial charge in [-0.1, -0.05) is 6.58 Å². The number of rotatable bonds is 3. The van der Waals surface area contributed by atoms with E-state index in [0.29, 0.717) is 4.91 Å². The second kappa shape index (κ2) is 3.53. The van der Waals surface area contributed by atoms with Gasteiger partial charge < -0.3 is 10.8 Å². The number of hydrogen-bond donors (Lipinski definition) is 2. The summed E-state index contributed by atoms with van der Waals surface area (Å²) in [7, 11) is 0. The Labute approximate surface area is 57.9 Å². The van der Waals surface area contributed by atoms with E-state index in [0.717, 1.165) is 0 Å². The molecule has 0 spiro atoms. The van der Waals surface area contributed by atoms with Gasteiger partial charge in [0.25, 0.3) is 0 Å². The Morgan fingerprint density at radius 2 is 2.33 bits per heavy atom. The zero-order valence-corrected chi connectivity index (χ0v) is 5.94. The van der Waals surface area contributed by atoms with Gasteiger partial charge in [-0.05, 0) is 6.26 Å². The SMILES string of the molecule is C=C(SC)[C@H](N)C(=O)O. The van der Waals surface area contributed by atoms with Crippen LogP contribution < -0.4 is 5.73 Å². The van der Waals surface area contributed by atoms with Crippen molar-refractivity contribution in [2.75, 3.05) is 6.26 Å². The third-order valence-electron chi connectivity index (χ3n) is 0.875. The van der Waals surface area contributed by atoms with Crippen molar-refractivity contribution >= 4 is 17.7 Å². The van der Waals surface area contributed by atoms with E-state index in [1.54, 1.807) is 6.26 Å². The highest BCUT2D eigenvalue weighted by atomic mass is 32.2. The number of aliphatic carboxylic acids is 1. The Balaban J connectivity index is 3.88. The molecule has 0 fully saturated rings. The highest BCUT2D eigenvalue weighted by Crippen LogP contribution is 2.10. The van der Waals surface area contributed by atoms with Crippen LogP contribution in [0.4, 0.5) is 0 Å². The summed E-state index contributed by atoms with van der Waals surface area (Å²) in [6.07, 6.45) is 1.74. The van der Waals surface area contributed by atoms with Crippen LogP contribution in [0.1, 0.15) is 0 Å². The van der Waals surface area contributed by atoms with Crippen LogP contribution in [0.25, 0.3) is 0 Å². The van der Waals surface area contributed by atoms with Crippen LogP contribution in [0.5, 0.6) is 0 Å². The molecule has 0 saturated carbocycles. The molecule has 1 atom stereocenters. The van der Waals surface area contributed by atoms with Crippen LogP contribution in [-0.4, -0.2) is 23.4 Å². The monoisotopic (exact) mass is 147 g/mol. The molecule has 0 aliphatic carbocycles. The number of carbonyl (C=O) groups is 1. The maximum atomic E-state index is 10.1. The van der Waals surface area contributed by atoms with Gasteiger partial charge in [0, 0.05) is 4.91 Å². The number of hydrogen-bond acceptors (Lipinski definition) is 3. The van der Waals surface area contributed by atoms with Crippen LogP contribution in [0.2, 0.25) is 0 Å². The van der Waals surface area contributed by atoms with E-state index < -0.39 is 12.0 Å². The molecule has 9 heavy (non-hydrogen) atoms. The smallest absolute Gasteiger partial charge is 0.325 e. The van der Waals surface area contributed by atoms with Gasteiger partial charge in [0.2, 0.25) is 0 Å². The highest BCUT2D eigenvalue weighted by Gasteiger charge is 2.13. The first-order chi connectivity index (χ1) is 4.09. The molecule has 4 heteroatoms. The van der Waals surface area contributed by atoms with E-state index >= 15 is 0 Å². The molecule has 3 N–H and O–H groups in total. The van der Waals surface area contributed by atoms with Gasteiger partial charge in [0.1, 0.15) is 6.04 Å². The molecule has 0 aliphatic heterocycles. The predicted octanol–water partition coefficient (Wildman–Crippen LogP) is 0.275. The van der Waals surface area contributed by atoms with Crippen molar-refractivity contribution in [2.24, 2.45) is 5.73 Å². The van der Waals surface area contributed by atoms with Gasteiger partial charge >= 0.3 is 5.97 Å². The molecule has 0 aromatic heterocycles. The Bertz CT molecular complexity index is 135. The lowest BCUT2D eigenvalue weighted by Crippen LogP contribution is -2.30. The van der Waals surface area contributed by atoms with E-state index in [2.05, 4.69) is 6.58 Å². The molecule has 0 aliphatic rings. The second-order valence-electron chi connectivity index (χ2n) is 1.49. The second-order valence-corrected chi connectivity index (χ2v) is 2.42. The molecule has 0 bridgehead atoms. The molecule has 0 aromatic rings. The summed E-state index contributed by atoms with van der Waals surface area (Å²) in [5.41, 5.74) is 5.15. The summed E-state index contributed by atoms with van der Waals surface area (Å²) in [6, 6.07) is -0.931. The molecule has 0 amide bonds. The maximum Gasteiger partial charge on any atom is 0.325 e. The van der Waals surface area contributed by atoms with Crippen molar-refractivity contribution in [1.82, 2.24) is 0 Å². The molecule has 0 rings (SSSR count). The third-order valence-corrected chi connectivity index (χ3v) is 1.65. The Morgan fingerprint density at radius 1 is 1.89 bits per heavy atom. The lowest BCUT2D eigenvalue weighted by molar-refractivity contribution is -0.137. The fourth-order valence-corrected chi connectivity index (χ4v) is 0.619. The summed E-state index contributed by atoms with van der Waals surface area (Å²) in [4.78, 5) is 10.6. The normalized spacial score (nSPS) is 12.7. The molecule has 0 heterocycles. The van der Waals surface area contributed by atoms with Crippen LogP contribution in [0.3, 0.4) is 0 Å². The Kier molecular flexibility index (Phi) is 3.34. The van der Waals surface area contributed by atoms with Gasteiger partial charge in [0.05, 0.1) is 0 Å². The first kappa shape index (κ1) is 8.52. The van der Waals surface area contributed by atoms with E-state index in [-0.39, 0.29) is 0 Å². The first-order valence-corrected chi connectivity index (χ1v) is 3.53. The Hall–Kier alpha value is -0.480. The summed E-state index contributed by atoms with van der Waals surface area (Å²) in [5.74, 6) is -1.03. The fraction of sp³-hybridized carbons (Fsp3) is 0.400. The van der Waals surface area contributed by atoms with Gasteiger partial charge in [-0.2, -0.15) is 0 Å². The summed E-state index contributed by atoms with van der Waals surface area (Å²) in [6.45, 7) is 3.45. The van der Waals surface area contributed by atoms with E-state index in [4.69, 9.17) is 10.8 Å². The molecular formula is C5H9NO2S. The third kappa shape index (κ3) is 2.53. The summed E-state index contributed by atoms with van der Waals surface area (Å²) >= 11 is 1.26. The fourth-order valence-electron chi connectivity index (χ4n) is 0.265. The summed E-state index contributed by atoms with van der Waals surface area (Å²) < 4.78 is 0. The maximum absolute atomic E-state index is 10.1. The van der Waals surface area contributed by atoms with E-state index in [1.165, 1.54) is 11.8 Å². The number of thioether (sulfide) groups is 1. The van der Waals surface area contributed by atoms with Crippen LogP contribution in [0.15, 0.2) is 11.5 Å². The van der Waals surface area contributed by atoms with E-state index in [9.17, 15) is 4.79 Å². The van der Waals surface area contributed by atoms with E-state index in [1.807, 2.05) is 0 Å². The first-order valence-electron chi connectivity index (χ1n) is 2.30. The van der Waals surface area contributed by atoms with Gasteiger partial charge in [-0.15, -0.1) is 11.8 Å². The quantitative estimate of drug-likeness (QED) is 0.601. The lowest BCUT2D eigenvalue weighted by Gasteiger charge is -2.04. The zero-order chi connectivity index (χ0) is 7.44. The average molecular weight is 147 g/mol. The zero-order valence-electron chi connectivity index (χ0n) is 5.13. The molecule has 52 valence electrons. The van der Waals surface area contributed by atoms with Crippen molar-refractivity contribution in [3.05, 3.63) is 11.5 Å². The minimum Gasteiger partial charge on any atom is -0.480 e. The van der Waals surface area contributed by atoms with Gasteiger partial charge in [-0.25, -0.2) is 0 Å². The molecule has 0 radical (unpaired) electrons. The van der Waals surface area contributed by atoms with Gasteiger partial charge in [0.15, 0.2) is 0 Å². The topological polar surface area (TPSA) is 63.3 Å². The highest BCUT2D eigenvalue weighted by molar-refractivity contribution is 8.02. The van der Waals surface area contributed by atoms with Crippen LogP contribution in [-0.2, 0) is 4.79 Å². The number of carboxylic acids is 1. The molecule has 0 saturated heterocycles. The number of carboxylic acid groups (broad SMARTS) is 1. The molecule has 3 nitrogen and oxygen atoms in total. The number of nitrogens with two attached hydrogens (primary N) is 1.